The normalized spacial score (nSPS) is 49.8. The molecule has 6 aliphatic heterocycles. The number of hydrogen-bond donors (Lipinski definition) is 12. The Labute approximate surface area is 539 Å². The Hall–Kier alpha value is -2.66. The minimum absolute atomic E-state index is 0.0172. The van der Waals surface area contributed by atoms with E-state index in [1.165, 1.54) is 13.8 Å². The van der Waals surface area contributed by atoms with E-state index in [0.717, 1.165) is 12.7 Å². The molecule has 4 aliphatic carbocycles. The van der Waals surface area contributed by atoms with Crippen molar-refractivity contribution in [1.29, 1.82) is 0 Å². The van der Waals surface area contributed by atoms with E-state index in [1.54, 1.807) is 6.92 Å². The zero-order valence-corrected chi connectivity index (χ0v) is 54.7. The van der Waals surface area contributed by atoms with E-state index in [2.05, 4.69) is 19.9 Å². The molecule has 9 fully saturated rings. The van der Waals surface area contributed by atoms with Gasteiger partial charge < -0.3 is 118 Å². The third kappa shape index (κ3) is 13.2. The molecule has 32 heteroatoms. The number of esters is 2. The second kappa shape index (κ2) is 27.5. The number of cyclic esters (lactones) is 1. The van der Waals surface area contributed by atoms with E-state index in [1.807, 2.05) is 27.7 Å². The van der Waals surface area contributed by atoms with Crippen molar-refractivity contribution in [1.82, 2.24) is 0 Å². The lowest BCUT2D eigenvalue weighted by Gasteiger charge is -2.64. The fourth-order valence-electron chi connectivity index (χ4n) is 17.9. The summed E-state index contributed by atoms with van der Waals surface area (Å²) in [6.07, 6.45) is -37.4. The Morgan fingerprint density at radius 1 is 0.677 bits per heavy atom. The maximum Gasteiger partial charge on any atom is 0.397 e. The number of hydrogen-bond acceptors (Lipinski definition) is 30. The first-order chi connectivity index (χ1) is 43.5. The van der Waals surface area contributed by atoms with E-state index in [4.69, 9.17) is 65.8 Å². The predicted octanol–water partition coefficient (Wildman–Crippen LogP) is -2.30. The largest absolute Gasteiger partial charge is 0.462 e. The van der Waals surface area contributed by atoms with Gasteiger partial charge in [0.15, 0.2) is 31.5 Å². The van der Waals surface area contributed by atoms with Gasteiger partial charge in [-0.05, 0) is 81.0 Å². The molecule has 532 valence electrons. The standard InChI is InChI=1S/C61H96O31S/c1-24(2)17-27(65)18-60(9)50-31(83-26(4)64)19-59(8)29-11-12-35-57(5,6)36(14-15-58(35,7)28(29)13-16-61(50,59)56(75)91-60)86-54-48(40(70)34(23-81-54)92-93(76,77)78)90-55-49(89-51-41(71)37(67)30(66)22-80-51)42(72)45(25(3)82-55)87-53-44(74)47(39(69)33(21-63)85-53)88-52-43(73)46(79-10)38(68)32(20-62)84-52/h11,24-25,28,30-55,62-63,66-74H,12-23H2,1-10H3,(H,76,77,78)/t25-,28-,30-,31+,32-,33-,34-,35+,36+,37+,38-,39-,40+,41-,42+,43-,44-,45-,46+,47+,48-,49-,50-,51+,52+,53+,54+,55+,58-,59+,60+,61-/m1/s1. The van der Waals surface area contributed by atoms with Gasteiger partial charge in [0.05, 0.1) is 50.0 Å². The van der Waals surface area contributed by atoms with Gasteiger partial charge in [0, 0.05) is 32.3 Å². The van der Waals surface area contributed by atoms with Gasteiger partial charge in [0.1, 0.15) is 121 Å². The molecule has 32 atom stereocenters. The molecule has 0 aromatic heterocycles. The van der Waals surface area contributed by atoms with Crippen LogP contribution in [-0.4, -0.2) is 280 Å². The van der Waals surface area contributed by atoms with Crippen LogP contribution >= 0.6 is 0 Å². The van der Waals surface area contributed by atoms with Gasteiger partial charge in [-0.3, -0.25) is 18.9 Å². The van der Waals surface area contributed by atoms with E-state index in [0.29, 0.717) is 44.9 Å². The highest BCUT2D eigenvalue weighted by Crippen LogP contribution is 2.77. The average molecular weight is 1360 g/mol. The van der Waals surface area contributed by atoms with Gasteiger partial charge in [-0.15, -0.1) is 0 Å². The molecule has 93 heavy (non-hydrogen) atoms. The van der Waals surface area contributed by atoms with Crippen molar-refractivity contribution in [2.75, 3.05) is 33.5 Å². The number of fused-ring (bicyclic) bond motifs is 4. The van der Waals surface area contributed by atoms with Crippen molar-refractivity contribution in [3.63, 3.8) is 0 Å². The second-order valence-electron chi connectivity index (χ2n) is 28.9. The number of Topliss-reactive ketones (excluding diaryl/α,β-unsaturated/α-hetero) is 1. The summed E-state index contributed by atoms with van der Waals surface area (Å²) < 4.78 is 118. The summed E-state index contributed by atoms with van der Waals surface area (Å²) in [7, 11) is -4.13. The summed E-state index contributed by atoms with van der Waals surface area (Å²) in [6.45, 7) is 13.7. The molecule has 10 aliphatic rings. The molecule has 0 unspecified atom stereocenters. The van der Waals surface area contributed by atoms with Crippen LogP contribution in [0.3, 0.4) is 0 Å². The Bertz CT molecular complexity index is 2810. The third-order valence-electron chi connectivity index (χ3n) is 22.3. The Balaban J connectivity index is 0.917. The minimum Gasteiger partial charge on any atom is -0.462 e. The maximum atomic E-state index is 14.8. The molecule has 0 radical (unpaired) electrons. The number of ether oxygens (including phenoxy) is 13. The fraction of sp³-hybridized carbons (Fsp3) is 0.918. The SMILES string of the molecule is CO[C@@H]1[C@@H](O)[C@H](O[C@@H]2[C@@H](O)[C@H](O[C@H]3[C@H](O)[C@@H](O[C@@H]4OC[C@@H](O)[C@H](O)[C@H]4O)[C@H](O[C@H]4[C@H](O[C@H]5CC[C@]6(C)[C@@H]7CC[C@]89C(=O)O[C@@](C)(CC(=O)CC(C)C)[C@H]8[C@@H](OC(C)=O)C[C@@]9(C)C7=CC[C@H]6C5(C)C)OC[C@@H](OS(=O)(=O)O)[C@@H]4O)O[C@@H]3C)O[C@H](CO)[C@H]2O)O[C@H](CO)[C@H]1O. The van der Waals surface area contributed by atoms with E-state index in [9.17, 15) is 83.5 Å². The summed E-state index contributed by atoms with van der Waals surface area (Å²) in [6, 6.07) is 0. The summed E-state index contributed by atoms with van der Waals surface area (Å²) >= 11 is 0. The number of carbonyl (C=O) groups excluding carboxylic acids is 3. The van der Waals surface area contributed by atoms with Crippen LogP contribution in [0.4, 0.5) is 0 Å². The molecule has 6 heterocycles. The minimum atomic E-state index is -5.29. The topological polar surface area (TPSA) is 457 Å². The lowest BCUT2D eigenvalue weighted by atomic mass is 9.41. The number of methoxy groups -OCH3 is 1. The van der Waals surface area contributed by atoms with Crippen LogP contribution in [0.15, 0.2) is 11.6 Å². The molecule has 0 aromatic carbocycles. The van der Waals surface area contributed by atoms with Crippen LogP contribution in [0.1, 0.15) is 114 Å². The number of ketones is 1. The van der Waals surface area contributed by atoms with Crippen LogP contribution in [0.2, 0.25) is 0 Å². The zero-order chi connectivity index (χ0) is 68.1. The van der Waals surface area contributed by atoms with Crippen LogP contribution in [0.25, 0.3) is 0 Å². The average Bonchev–Trinajstić information content (AvgIpc) is 1.53. The smallest absolute Gasteiger partial charge is 0.397 e. The van der Waals surface area contributed by atoms with Crippen LogP contribution in [0.5, 0.6) is 0 Å². The third-order valence-corrected chi connectivity index (χ3v) is 22.8. The molecule has 31 nitrogen and oxygen atoms in total. The molecule has 0 bridgehead atoms. The number of carbonyl (C=O) groups is 3. The van der Waals surface area contributed by atoms with E-state index >= 15 is 0 Å². The Morgan fingerprint density at radius 2 is 1.27 bits per heavy atom. The zero-order valence-electron chi connectivity index (χ0n) is 53.8. The number of rotatable bonds is 20. The predicted molar refractivity (Wildman–Crippen MR) is 309 cm³/mol. The molecule has 1 spiro atoms. The Kier molecular flexibility index (Phi) is 21.6. The summed E-state index contributed by atoms with van der Waals surface area (Å²) in [5.41, 5.74) is -3.28. The Morgan fingerprint density at radius 3 is 1.88 bits per heavy atom. The number of aliphatic hydroxyl groups is 11. The summed E-state index contributed by atoms with van der Waals surface area (Å²) in [5.74, 6) is -1.70. The molecule has 12 N–H and O–H groups in total. The lowest BCUT2D eigenvalue weighted by Crippen LogP contribution is -2.68. The molecule has 6 saturated heterocycles. The molecular weight excluding hydrogens is 1260 g/mol. The van der Waals surface area contributed by atoms with E-state index in [-0.39, 0.29) is 30.0 Å². The van der Waals surface area contributed by atoms with Crippen LogP contribution < -0.4 is 0 Å². The summed E-state index contributed by atoms with van der Waals surface area (Å²) in [5, 5.41) is 122. The fourth-order valence-corrected chi connectivity index (χ4v) is 18.4. The van der Waals surface area contributed by atoms with Gasteiger partial charge in [-0.25, -0.2) is 4.18 Å². The van der Waals surface area contributed by atoms with Gasteiger partial charge >= 0.3 is 22.3 Å². The van der Waals surface area contributed by atoms with Crippen molar-refractivity contribution < 1.29 is 149 Å². The first-order valence-corrected chi connectivity index (χ1v) is 33.5. The highest BCUT2D eigenvalue weighted by molar-refractivity contribution is 7.80. The van der Waals surface area contributed by atoms with Crippen LogP contribution in [0, 0.1) is 45.3 Å². The quantitative estimate of drug-likeness (QED) is 0.0347. The van der Waals surface area contributed by atoms with Gasteiger partial charge in [-0.2, -0.15) is 8.42 Å². The number of allylic oxidation sites excluding steroid dienone is 2. The van der Waals surface area contributed by atoms with Gasteiger partial charge in [-0.1, -0.05) is 53.2 Å². The molecule has 0 amide bonds. The maximum absolute atomic E-state index is 14.8. The van der Waals surface area contributed by atoms with Crippen molar-refractivity contribution >= 4 is 28.1 Å². The van der Waals surface area contributed by atoms with E-state index < -0.39 is 235 Å². The molecular formula is C61H96O31S. The monoisotopic (exact) mass is 1360 g/mol. The van der Waals surface area contributed by atoms with Gasteiger partial charge in [0.25, 0.3) is 0 Å². The van der Waals surface area contributed by atoms with Crippen LogP contribution in [-0.2, 0) is 90.5 Å². The van der Waals surface area contributed by atoms with Crippen molar-refractivity contribution in [3.8, 4) is 0 Å². The second-order valence-corrected chi connectivity index (χ2v) is 29.9. The van der Waals surface area contributed by atoms with Gasteiger partial charge in [0.2, 0.25) is 0 Å². The van der Waals surface area contributed by atoms with Crippen molar-refractivity contribution in [3.05, 3.63) is 11.6 Å². The highest BCUT2D eigenvalue weighted by atomic mass is 32.3. The summed E-state index contributed by atoms with van der Waals surface area (Å²) in [4.78, 5) is 41.2. The number of aliphatic hydroxyl groups excluding tert-OH is 11. The molecule has 3 saturated carbocycles. The molecule has 10 rings (SSSR count). The lowest BCUT2D eigenvalue weighted by molar-refractivity contribution is -0.403. The van der Waals surface area contributed by atoms with Crippen molar-refractivity contribution in [2.24, 2.45) is 45.3 Å². The highest BCUT2D eigenvalue weighted by Gasteiger charge is 2.80. The van der Waals surface area contributed by atoms with Crippen molar-refractivity contribution in [2.45, 2.75) is 273 Å². The first-order valence-electron chi connectivity index (χ1n) is 32.1. The molecule has 0 aromatic rings. The first kappa shape index (κ1) is 73.1.